The van der Waals surface area contributed by atoms with E-state index in [4.69, 9.17) is 14.9 Å². The second-order valence-corrected chi connectivity index (χ2v) is 3.99. The molecule has 1 aliphatic rings. The lowest BCUT2D eigenvalue weighted by atomic mass is 10.1. The summed E-state index contributed by atoms with van der Waals surface area (Å²) in [4.78, 5) is 22.1. The van der Waals surface area contributed by atoms with Gasteiger partial charge in [0.25, 0.3) is 0 Å². The SMILES string of the molecule is O=C(NCC1CCOC1)N[C@H](CCO)C(=O)O. The number of rotatable bonds is 6. The molecule has 0 spiro atoms. The molecule has 0 bridgehead atoms. The summed E-state index contributed by atoms with van der Waals surface area (Å²) in [6.07, 6.45) is 0.897. The van der Waals surface area contributed by atoms with Gasteiger partial charge in [0.15, 0.2) is 0 Å². The average molecular weight is 246 g/mol. The molecule has 1 rings (SSSR count). The first kappa shape index (κ1) is 13.7. The Balaban J connectivity index is 2.23. The van der Waals surface area contributed by atoms with E-state index in [1.807, 2.05) is 0 Å². The molecule has 7 heteroatoms. The van der Waals surface area contributed by atoms with Gasteiger partial charge in [-0.2, -0.15) is 0 Å². The number of carboxylic acid groups (broad SMARTS) is 1. The standard InChI is InChI=1S/C10H18N2O5/c13-3-1-8(9(14)15)12-10(16)11-5-7-2-4-17-6-7/h7-8,13H,1-6H2,(H,14,15)(H2,11,12,16)/t7?,8-/m1/s1. The summed E-state index contributed by atoms with van der Waals surface area (Å²) in [6.45, 7) is 1.51. The smallest absolute Gasteiger partial charge is 0.326 e. The molecule has 0 saturated carbocycles. The third-order valence-electron chi connectivity index (χ3n) is 2.60. The monoisotopic (exact) mass is 246 g/mol. The molecule has 1 fully saturated rings. The van der Waals surface area contributed by atoms with Crippen molar-refractivity contribution in [2.24, 2.45) is 5.92 Å². The van der Waals surface area contributed by atoms with Gasteiger partial charge in [-0.25, -0.2) is 9.59 Å². The zero-order valence-electron chi connectivity index (χ0n) is 9.52. The van der Waals surface area contributed by atoms with Gasteiger partial charge in [-0.05, 0) is 6.42 Å². The molecule has 1 unspecified atom stereocenters. The molecule has 1 saturated heterocycles. The molecule has 4 N–H and O–H groups in total. The van der Waals surface area contributed by atoms with E-state index in [9.17, 15) is 9.59 Å². The van der Waals surface area contributed by atoms with Gasteiger partial charge in [0, 0.05) is 32.1 Å². The number of ether oxygens (including phenoxy) is 1. The van der Waals surface area contributed by atoms with E-state index in [1.165, 1.54) is 0 Å². The van der Waals surface area contributed by atoms with Crippen LogP contribution in [0.4, 0.5) is 4.79 Å². The van der Waals surface area contributed by atoms with Gasteiger partial charge in [0.1, 0.15) is 6.04 Å². The molecule has 0 aromatic rings. The van der Waals surface area contributed by atoms with Crippen molar-refractivity contribution in [3.8, 4) is 0 Å². The maximum atomic E-state index is 11.4. The molecule has 7 nitrogen and oxygen atoms in total. The van der Waals surface area contributed by atoms with Crippen LogP contribution >= 0.6 is 0 Å². The van der Waals surface area contributed by atoms with Crippen LogP contribution in [0.1, 0.15) is 12.8 Å². The van der Waals surface area contributed by atoms with E-state index in [0.29, 0.717) is 25.7 Å². The Hall–Kier alpha value is -1.34. The fraction of sp³-hybridized carbons (Fsp3) is 0.800. The van der Waals surface area contributed by atoms with Gasteiger partial charge in [-0.3, -0.25) is 0 Å². The van der Waals surface area contributed by atoms with Crippen LogP contribution in [0.3, 0.4) is 0 Å². The highest BCUT2D eigenvalue weighted by Crippen LogP contribution is 2.10. The Bertz CT molecular complexity index is 265. The van der Waals surface area contributed by atoms with E-state index in [2.05, 4.69) is 10.6 Å². The normalized spacial score (nSPS) is 20.9. The molecular weight excluding hydrogens is 228 g/mol. The van der Waals surface area contributed by atoms with E-state index in [-0.39, 0.29) is 13.0 Å². The Morgan fingerprint density at radius 3 is 2.76 bits per heavy atom. The highest BCUT2D eigenvalue weighted by Gasteiger charge is 2.20. The Labute approximate surface area is 99.1 Å². The largest absolute Gasteiger partial charge is 0.480 e. The second-order valence-electron chi connectivity index (χ2n) is 3.99. The van der Waals surface area contributed by atoms with E-state index in [1.54, 1.807) is 0 Å². The lowest BCUT2D eigenvalue weighted by Crippen LogP contribution is -2.47. The number of carbonyl (C=O) groups is 2. The zero-order valence-corrected chi connectivity index (χ0v) is 9.52. The summed E-state index contributed by atoms with van der Waals surface area (Å²) in [5.41, 5.74) is 0. The van der Waals surface area contributed by atoms with Crippen LogP contribution in [-0.2, 0) is 9.53 Å². The molecule has 2 amide bonds. The predicted molar refractivity (Wildman–Crippen MR) is 58.6 cm³/mol. The van der Waals surface area contributed by atoms with Gasteiger partial charge in [0.05, 0.1) is 6.61 Å². The molecule has 1 heterocycles. The van der Waals surface area contributed by atoms with Crippen LogP contribution < -0.4 is 10.6 Å². The summed E-state index contributed by atoms with van der Waals surface area (Å²) in [5, 5.41) is 22.3. The molecule has 2 atom stereocenters. The summed E-state index contributed by atoms with van der Waals surface area (Å²) in [5.74, 6) is -0.861. The minimum Gasteiger partial charge on any atom is -0.480 e. The molecule has 0 aliphatic carbocycles. The third-order valence-corrected chi connectivity index (χ3v) is 2.60. The van der Waals surface area contributed by atoms with Crippen molar-refractivity contribution in [3.05, 3.63) is 0 Å². The quantitative estimate of drug-likeness (QED) is 0.488. The predicted octanol–water partition coefficient (Wildman–Crippen LogP) is -0.842. The first-order chi connectivity index (χ1) is 8.13. The number of aliphatic hydroxyl groups excluding tert-OH is 1. The zero-order chi connectivity index (χ0) is 12.7. The number of aliphatic hydroxyl groups is 1. The van der Waals surface area contributed by atoms with Crippen molar-refractivity contribution >= 4 is 12.0 Å². The molecule has 1 aliphatic heterocycles. The fourth-order valence-electron chi connectivity index (χ4n) is 1.58. The van der Waals surface area contributed by atoms with Gasteiger partial charge in [-0.15, -0.1) is 0 Å². The average Bonchev–Trinajstić information content (AvgIpc) is 2.78. The van der Waals surface area contributed by atoms with Gasteiger partial charge in [0.2, 0.25) is 0 Å². The third kappa shape index (κ3) is 5.01. The number of amides is 2. The highest BCUT2D eigenvalue weighted by atomic mass is 16.5. The van der Waals surface area contributed by atoms with Gasteiger partial charge in [-0.1, -0.05) is 0 Å². The Morgan fingerprint density at radius 1 is 1.47 bits per heavy atom. The lowest BCUT2D eigenvalue weighted by Gasteiger charge is -2.15. The molecule has 98 valence electrons. The number of carboxylic acids is 1. The molecule has 0 radical (unpaired) electrons. The summed E-state index contributed by atoms with van der Waals surface area (Å²) in [6, 6.07) is -1.59. The number of hydrogen-bond acceptors (Lipinski definition) is 4. The summed E-state index contributed by atoms with van der Waals surface area (Å²) < 4.78 is 5.15. The van der Waals surface area contributed by atoms with E-state index < -0.39 is 18.0 Å². The van der Waals surface area contributed by atoms with E-state index in [0.717, 1.165) is 6.42 Å². The highest BCUT2D eigenvalue weighted by molar-refractivity contribution is 5.82. The van der Waals surface area contributed by atoms with Crippen LogP contribution in [0.15, 0.2) is 0 Å². The summed E-state index contributed by atoms with van der Waals surface area (Å²) in [7, 11) is 0. The van der Waals surface area contributed by atoms with E-state index >= 15 is 0 Å². The van der Waals surface area contributed by atoms with Crippen molar-refractivity contribution in [2.75, 3.05) is 26.4 Å². The number of carbonyl (C=O) groups excluding carboxylic acids is 1. The van der Waals surface area contributed by atoms with Crippen LogP contribution in [0.5, 0.6) is 0 Å². The van der Waals surface area contributed by atoms with Crippen molar-refractivity contribution < 1.29 is 24.5 Å². The number of hydrogen-bond donors (Lipinski definition) is 4. The minimum atomic E-state index is -1.15. The fourth-order valence-corrected chi connectivity index (χ4v) is 1.58. The van der Waals surface area contributed by atoms with Crippen molar-refractivity contribution in [2.45, 2.75) is 18.9 Å². The first-order valence-electron chi connectivity index (χ1n) is 5.59. The molecular formula is C10H18N2O5. The van der Waals surface area contributed by atoms with Crippen molar-refractivity contribution in [1.82, 2.24) is 10.6 Å². The maximum absolute atomic E-state index is 11.4. The van der Waals surface area contributed by atoms with Gasteiger partial charge >= 0.3 is 12.0 Å². The second kappa shape index (κ2) is 7.08. The number of nitrogens with one attached hydrogen (secondary N) is 2. The maximum Gasteiger partial charge on any atom is 0.326 e. The van der Waals surface area contributed by atoms with Crippen LogP contribution in [0.2, 0.25) is 0 Å². The Kier molecular flexibility index (Phi) is 5.71. The van der Waals surface area contributed by atoms with Crippen LogP contribution in [0, 0.1) is 5.92 Å². The minimum absolute atomic E-state index is 0.00467. The molecule has 0 aromatic heterocycles. The van der Waals surface area contributed by atoms with Crippen molar-refractivity contribution in [3.63, 3.8) is 0 Å². The van der Waals surface area contributed by atoms with Crippen molar-refractivity contribution in [1.29, 1.82) is 0 Å². The number of urea groups is 1. The van der Waals surface area contributed by atoms with Gasteiger partial charge < -0.3 is 25.6 Å². The van der Waals surface area contributed by atoms with Crippen LogP contribution in [-0.4, -0.2) is 54.6 Å². The number of aliphatic carboxylic acids is 1. The molecule has 0 aromatic carbocycles. The van der Waals surface area contributed by atoms with Crippen LogP contribution in [0.25, 0.3) is 0 Å². The topological polar surface area (TPSA) is 108 Å². The summed E-state index contributed by atoms with van der Waals surface area (Å²) >= 11 is 0. The Morgan fingerprint density at radius 2 is 2.24 bits per heavy atom. The lowest BCUT2D eigenvalue weighted by molar-refractivity contribution is -0.139. The first-order valence-corrected chi connectivity index (χ1v) is 5.59. The molecule has 17 heavy (non-hydrogen) atoms.